The zero-order valence-corrected chi connectivity index (χ0v) is 28.4. The van der Waals surface area contributed by atoms with E-state index in [1.807, 2.05) is 67.6 Å². The molecule has 1 heterocycles. The van der Waals surface area contributed by atoms with E-state index < -0.39 is 5.97 Å². The number of hydrazine groups is 1. The van der Waals surface area contributed by atoms with Gasteiger partial charge in [-0.2, -0.15) is 0 Å². The first-order valence-electron chi connectivity index (χ1n) is 14.9. The van der Waals surface area contributed by atoms with Crippen LogP contribution in [0.25, 0.3) is 11.1 Å². The van der Waals surface area contributed by atoms with Gasteiger partial charge in [0.25, 0.3) is 0 Å². The molecule has 1 fully saturated rings. The number of hydrogen-bond donors (Lipinski definition) is 2. The second kappa shape index (κ2) is 15.3. The number of aromatic carboxylic acids is 1. The van der Waals surface area contributed by atoms with Gasteiger partial charge in [-0.3, -0.25) is 20.0 Å². The number of halogens is 2. The zero-order chi connectivity index (χ0) is 32.1. The van der Waals surface area contributed by atoms with Gasteiger partial charge in [-0.15, -0.1) is 12.4 Å². The Bertz CT molecular complexity index is 1740. The molecule has 2 N–H and O–H groups in total. The molecule has 1 aliphatic rings. The number of piperidine rings is 1. The van der Waals surface area contributed by atoms with Crippen LogP contribution < -0.4 is 20.1 Å². The number of benzene rings is 4. The maximum atomic E-state index is 13.8. The van der Waals surface area contributed by atoms with Crippen molar-refractivity contribution in [2.24, 2.45) is 0 Å². The average molecular weight is 707 g/mol. The number of ether oxygens (including phenoxy) is 1. The fraction of sp³-hybridized carbons (Fsp3) is 0.250. The first kappa shape index (κ1) is 34.5. The molecule has 0 atom stereocenters. The van der Waals surface area contributed by atoms with E-state index in [2.05, 4.69) is 32.3 Å². The van der Waals surface area contributed by atoms with Crippen molar-refractivity contribution in [3.8, 4) is 16.9 Å². The van der Waals surface area contributed by atoms with E-state index >= 15 is 0 Å². The van der Waals surface area contributed by atoms with Crippen molar-refractivity contribution in [2.45, 2.75) is 39.5 Å². The third-order valence-electron chi connectivity index (χ3n) is 8.05. The van der Waals surface area contributed by atoms with E-state index in [0.717, 1.165) is 54.0 Å². The quantitative estimate of drug-likeness (QED) is 0.127. The van der Waals surface area contributed by atoms with Crippen LogP contribution in [-0.4, -0.2) is 43.0 Å². The Morgan fingerprint density at radius 1 is 0.935 bits per heavy atom. The lowest BCUT2D eigenvalue weighted by atomic mass is 9.96. The van der Waals surface area contributed by atoms with E-state index in [-0.39, 0.29) is 41.8 Å². The normalized spacial score (nSPS) is 12.6. The smallest absolute Gasteiger partial charge is 0.339 e. The molecule has 1 aliphatic heterocycles. The van der Waals surface area contributed by atoms with E-state index in [4.69, 9.17) is 4.74 Å². The Labute approximate surface area is 283 Å². The second-order valence-corrected chi connectivity index (χ2v) is 12.0. The fourth-order valence-electron chi connectivity index (χ4n) is 5.81. The number of para-hydroxylation sites is 1. The van der Waals surface area contributed by atoms with Gasteiger partial charge in [0, 0.05) is 23.1 Å². The van der Waals surface area contributed by atoms with E-state index in [1.165, 1.54) is 19.6 Å². The number of nitrogens with zero attached hydrogens (tertiary/aromatic N) is 2. The summed E-state index contributed by atoms with van der Waals surface area (Å²) in [4.78, 5) is 40.9. The first-order chi connectivity index (χ1) is 21.7. The van der Waals surface area contributed by atoms with Crippen LogP contribution in [0.3, 0.4) is 0 Å². The van der Waals surface area contributed by atoms with Gasteiger partial charge in [0.2, 0.25) is 5.91 Å². The number of anilines is 3. The number of ketones is 1. The van der Waals surface area contributed by atoms with Crippen LogP contribution in [0.2, 0.25) is 0 Å². The number of rotatable bonds is 10. The highest BCUT2D eigenvalue weighted by molar-refractivity contribution is 9.10. The van der Waals surface area contributed by atoms with Crippen LogP contribution in [-0.2, 0) is 11.2 Å². The topological polar surface area (TPSA) is 99.2 Å². The summed E-state index contributed by atoms with van der Waals surface area (Å²) in [5.74, 6) is -1.37. The number of carbonyl (C=O) groups is 3. The summed E-state index contributed by atoms with van der Waals surface area (Å²) in [6.07, 6.45) is 3.30. The van der Waals surface area contributed by atoms with Crippen LogP contribution in [0.1, 0.15) is 58.0 Å². The molecule has 1 saturated heterocycles. The van der Waals surface area contributed by atoms with Gasteiger partial charge < -0.3 is 14.7 Å². The van der Waals surface area contributed by atoms with Crippen LogP contribution in [0.15, 0.2) is 83.3 Å². The molecular weight excluding hydrogens is 670 g/mol. The SMILES string of the molecule is COc1cc(CC(=O)NN(c2ccc(-c3ccccc3)c(C(C)=O)c2)c2c(C)cccc2N2CCCCC2)c(Br)cc1C(=O)O.Cl. The van der Waals surface area contributed by atoms with Gasteiger partial charge in [-0.25, -0.2) is 4.79 Å². The summed E-state index contributed by atoms with van der Waals surface area (Å²) in [6, 6.07) is 24.5. The molecule has 0 unspecified atom stereocenters. The highest BCUT2D eigenvalue weighted by Gasteiger charge is 2.25. The predicted octanol–water partition coefficient (Wildman–Crippen LogP) is 8.16. The number of hydrogen-bond acceptors (Lipinski definition) is 6. The molecule has 0 radical (unpaired) electrons. The monoisotopic (exact) mass is 705 g/mol. The second-order valence-electron chi connectivity index (χ2n) is 11.1. The molecule has 240 valence electrons. The van der Waals surface area contributed by atoms with Gasteiger partial charge in [-0.05, 0) is 85.7 Å². The Morgan fingerprint density at radius 3 is 2.30 bits per heavy atom. The van der Waals surface area contributed by atoms with Crippen molar-refractivity contribution in [3.05, 3.63) is 106 Å². The molecule has 0 aliphatic carbocycles. The number of Topliss-reactive ketones (excluding diaryl/α,β-unsaturated/α-hetero) is 1. The van der Waals surface area contributed by atoms with E-state index in [9.17, 15) is 19.5 Å². The van der Waals surface area contributed by atoms with Crippen molar-refractivity contribution in [3.63, 3.8) is 0 Å². The van der Waals surface area contributed by atoms with E-state index in [0.29, 0.717) is 21.3 Å². The van der Waals surface area contributed by atoms with Crippen LogP contribution in [0.5, 0.6) is 5.75 Å². The van der Waals surface area contributed by atoms with Crippen LogP contribution in [0.4, 0.5) is 17.1 Å². The van der Waals surface area contributed by atoms with Gasteiger partial charge in [-0.1, -0.05) is 64.5 Å². The summed E-state index contributed by atoms with van der Waals surface area (Å²) >= 11 is 3.44. The molecule has 10 heteroatoms. The predicted molar refractivity (Wildman–Crippen MR) is 188 cm³/mol. The number of carbonyl (C=O) groups excluding carboxylic acids is 2. The molecule has 1 amide bonds. The van der Waals surface area contributed by atoms with Gasteiger partial charge >= 0.3 is 5.97 Å². The number of carboxylic acid groups (broad SMARTS) is 1. The summed E-state index contributed by atoms with van der Waals surface area (Å²) in [6.45, 7) is 5.38. The fourth-order valence-corrected chi connectivity index (χ4v) is 6.29. The van der Waals surface area contributed by atoms with Crippen molar-refractivity contribution in [1.29, 1.82) is 0 Å². The summed E-state index contributed by atoms with van der Waals surface area (Å²) in [7, 11) is 1.40. The maximum Gasteiger partial charge on any atom is 0.339 e. The molecule has 4 aromatic rings. The number of aryl methyl sites for hydroxylation is 1. The zero-order valence-electron chi connectivity index (χ0n) is 26.0. The minimum Gasteiger partial charge on any atom is -0.496 e. The number of amides is 1. The van der Waals surface area contributed by atoms with Gasteiger partial charge in [0.05, 0.1) is 30.6 Å². The standard InChI is InChI=1S/C36H36BrN3O5.ClH/c1-23-11-10-14-32(39-17-8-5-9-18-39)35(23)40(27-15-16-28(29(21-27)24(2)41)25-12-6-4-7-13-25)38-34(42)20-26-19-33(45-3)30(36(43)44)22-31(26)37;/h4,6-7,10-16,19,21-22H,5,8-9,17-18,20H2,1-3H3,(H,38,42)(H,43,44);1H. The molecule has 0 aromatic heterocycles. The van der Waals surface area contributed by atoms with Crippen molar-refractivity contribution < 1.29 is 24.2 Å². The summed E-state index contributed by atoms with van der Waals surface area (Å²) in [5, 5.41) is 11.3. The lowest BCUT2D eigenvalue weighted by Gasteiger charge is -2.35. The lowest BCUT2D eigenvalue weighted by molar-refractivity contribution is -0.120. The number of methoxy groups -OCH3 is 1. The molecule has 46 heavy (non-hydrogen) atoms. The Morgan fingerprint density at radius 2 is 1.65 bits per heavy atom. The first-order valence-corrected chi connectivity index (χ1v) is 15.7. The molecule has 0 spiro atoms. The summed E-state index contributed by atoms with van der Waals surface area (Å²) in [5.41, 5.74) is 9.40. The van der Waals surface area contributed by atoms with Crippen molar-refractivity contribution >= 4 is 63.1 Å². The lowest BCUT2D eigenvalue weighted by Crippen LogP contribution is -2.42. The van der Waals surface area contributed by atoms with Crippen molar-refractivity contribution in [1.82, 2.24) is 5.43 Å². The van der Waals surface area contributed by atoms with Gasteiger partial charge in [0.1, 0.15) is 11.3 Å². The van der Waals surface area contributed by atoms with Gasteiger partial charge in [0.15, 0.2) is 5.78 Å². The molecule has 0 bridgehead atoms. The van der Waals surface area contributed by atoms with Crippen LogP contribution in [0, 0.1) is 6.92 Å². The summed E-state index contributed by atoms with van der Waals surface area (Å²) < 4.78 is 5.79. The third-order valence-corrected chi connectivity index (χ3v) is 8.79. The molecule has 0 saturated carbocycles. The highest BCUT2D eigenvalue weighted by atomic mass is 79.9. The van der Waals surface area contributed by atoms with E-state index in [1.54, 1.807) is 18.0 Å². The number of nitrogens with one attached hydrogen (secondary N) is 1. The molecule has 4 aromatic carbocycles. The average Bonchev–Trinajstić information content (AvgIpc) is 3.05. The van der Waals surface area contributed by atoms with Crippen molar-refractivity contribution in [2.75, 3.05) is 30.1 Å². The largest absolute Gasteiger partial charge is 0.496 e. The molecule has 5 rings (SSSR count). The Balaban J connectivity index is 0.00000480. The van der Waals surface area contributed by atoms with Crippen LogP contribution >= 0.6 is 28.3 Å². The number of carboxylic acids is 1. The third kappa shape index (κ3) is 7.54. The highest BCUT2D eigenvalue weighted by Crippen LogP contribution is 2.39. The Kier molecular flexibility index (Phi) is 11.5. The molecular formula is C36H37BrClN3O5. The minimum atomic E-state index is -1.13. The minimum absolute atomic E-state index is 0. The Hall–Kier alpha value is -4.34. The maximum absolute atomic E-state index is 13.8. The molecule has 8 nitrogen and oxygen atoms in total.